The quantitative estimate of drug-likeness (QED) is 0.310. The first kappa shape index (κ1) is 24.3. The first-order valence-corrected chi connectivity index (χ1v) is 12.6. The molecule has 6 rings (SSSR count). The molecule has 0 radical (unpaired) electrons. The van der Waals surface area contributed by atoms with E-state index in [1.165, 1.54) is 0 Å². The lowest BCUT2D eigenvalue weighted by molar-refractivity contribution is -0.138. The molecule has 12 heteroatoms. The fourth-order valence-electron chi connectivity index (χ4n) is 4.81. The smallest absolute Gasteiger partial charge is 0.303 e. The van der Waals surface area contributed by atoms with Gasteiger partial charge in [0.15, 0.2) is 22.8 Å². The van der Waals surface area contributed by atoms with Gasteiger partial charge in [-0.05, 0) is 30.3 Å². The van der Waals surface area contributed by atoms with Gasteiger partial charge in [-0.2, -0.15) is 15.1 Å². The highest BCUT2D eigenvalue weighted by Crippen LogP contribution is 2.27. The Morgan fingerprint density at radius 2 is 1.64 bits per heavy atom. The number of para-hydroxylation sites is 1. The summed E-state index contributed by atoms with van der Waals surface area (Å²) >= 11 is 0. The zero-order valence-corrected chi connectivity index (χ0v) is 21.0. The minimum absolute atomic E-state index is 0.0336. The molecular weight excluding hydrogens is 500 g/mol. The number of carboxylic acid groups (broad SMARTS) is 1. The molecule has 2 aromatic carbocycles. The third kappa shape index (κ3) is 4.83. The molecule has 198 valence electrons. The number of Topliss-reactive ketones (excluding diaryl/α,β-unsaturated/α-hetero) is 1. The number of aromatic nitrogens is 6. The number of aliphatic carboxylic acids is 1. The van der Waals surface area contributed by atoms with Crippen LogP contribution in [0.15, 0.2) is 61.1 Å². The molecule has 39 heavy (non-hydrogen) atoms. The van der Waals surface area contributed by atoms with Gasteiger partial charge in [-0.1, -0.05) is 18.2 Å². The number of benzene rings is 2. The Bertz CT molecular complexity index is 1670. The summed E-state index contributed by atoms with van der Waals surface area (Å²) in [4.78, 5) is 42.0. The third-order valence-electron chi connectivity index (χ3n) is 6.85. The molecule has 0 aliphatic carbocycles. The maximum Gasteiger partial charge on any atom is 0.303 e. The molecule has 0 bridgehead atoms. The number of imidazole rings is 1. The Labute approximate surface area is 222 Å². The second-order valence-corrected chi connectivity index (χ2v) is 9.43. The van der Waals surface area contributed by atoms with Crippen LogP contribution in [0.25, 0.3) is 27.9 Å². The predicted molar refractivity (Wildman–Crippen MR) is 144 cm³/mol. The van der Waals surface area contributed by atoms with E-state index in [9.17, 15) is 14.7 Å². The molecule has 0 spiro atoms. The Morgan fingerprint density at radius 1 is 0.897 bits per heavy atom. The monoisotopic (exact) mass is 526 g/mol. The van der Waals surface area contributed by atoms with Crippen molar-refractivity contribution in [3.05, 3.63) is 61.1 Å². The van der Waals surface area contributed by atoms with E-state index in [1.54, 1.807) is 33.9 Å². The molecule has 0 unspecified atom stereocenters. The lowest BCUT2D eigenvalue weighted by atomic mass is 10.2. The van der Waals surface area contributed by atoms with E-state index in [-0.39, 0.29) is 30.9 Å². The molecule has 0 saturated carbocycles. The van der Waals surface area contributed by atoms with Crippen LogP contribution in [0.4, 0.5) is 11.6 Å². The van der Waals surface area contributed by atoms with Crippen LogP contribution in [0, 0.1) is 0 Å². The summed E-state index contributed by atoms with van der Waals surface area (Å²) in [6.07, 6.45) is 3.02. The van der Waals surface area contributed by atoms with E-state index < -0.39 is 5.97 Å². The van der Waals surface area contributed by atoms with Crippen molar-refractivity contribution in [3.63, 3.8) is 0 Å². The SMILES string of the molecule is O=C(O)CCC(=O)Cn1cnc2c(-n3ncc4ccccc43)nc(N3CCN(c4ccc(O)cc4)CC3)nc21. The zero-order chi connectivity index (χ0) is 26.9. The average Bonchev–Trinajstić information content (AvgIpc) is 3.56. The first-order valence-electron chi connectivity index (χ1n) is 12.6. The van der Waals surface area contributed by atoms with Crippen molar-refractivity contribution in [2.24, 2.45) is 0 Å². The number of hydrogen-bond acceptors (Lipinski definition) is 9. The fourth-order valence-corrected chi connectivity index (χ4v) is 4.81. The number of nitrogens with zero attached hydrogens (tertiary/aromatic N) is 8. The van der Waals surface area contributed by atoms with Crippen molar-refractivity contribution in [3.8, 4) is 11.6 Å². The minimum Gasteiger partial charge on any atom is -0.508 e. The minimum atomic E-state index is -1.01. The lowest BCUT2D eigenvalue weighted by Crippen LogP contribution is -2.47. The summed E-state index contributed by atoms with van der Waals surface area (Å²) in [7, 11) is 0. The fraction of sp³-hybridized carbons (Fsp3) is 0.259. The van der Waals surface area contributed by atoms with E-state index in [0.29, 0.717) is 36.0 Å². The zero-order valence-electron chi connectivity index (χ0n) is 21.0. The van der Waals surface area contributed by atoms with E-state index in [2.05, 4.69) is 19.9 Å². The van der Waals surface area contributed by atoms with Crippen molar-refractivity contribution in [2.75, 3.05) is 36.0 Å². The van der Waals surface area contributed by atoms with Crippen LogP contribution in [0.3, 0.4) is 0 Å². The van der Waals surface area contributed by atoms with Gasteiger partial charge in [0.1, 0.15) is 5.75 Å². The molecule has 12 nitrogen and oxygen atoms in total. The summed E-state index contributed by atoms with van der Waals surface area (Å²) in [6.45, 7) is 2.77. The molecule has 4 heterocycles. The third-order valence-corrected chi connectivity index (χ3v) is 6.85. The number of carbonyl (C=O) groups is 2. The standard InChI is InChI=1S/C27H26N8O4/c36-20-7-5-19(6-8-20)32-11-13-33(14-12-32)27-30-25-24(28-17-34(25)16-21(37)9-10-23(38)39)26(31-27)35-22-4-2-1-3-18(22)15-29-35/h1-8,15,17,36H,9-14,16H2,(H,38,39). The number of anilines is 2. The molecule has 0 atom stereocenters. The number of rotatable bonds is 8. The van der Waals surface area contributed by atoms with Crippen molar-refractivity contribution in [1.29, 1.82) is 0 Å². The highest BCUT2D eigenvalue weighted by molar-refractivity contribution is 5.87. The summed E-state index contributed by atoms with van der Waals surface area (Å²) in [5, 5.41) is 24.1. The van der Waals surface area contributed by atoms with Crippen molar-refractivity contribution in [1.82, 2.24) is 29.3 Å². The van der Waals surface area contributed by atoms with Gasteiger partial charge in [-0.25, -0.2) is 9.67 Å². The molecule has 1 saturated heterocycles. The van der Waals surface area contributed by atoms with Gasteiger partial charge in [0.2, 0.25) is 5.95 Å². The topological polar surface area (TPSA) is 142 Å². The van der Waals surface area contributed by atoms with Crippen LogP contribution in [0.2, 0.25) is 0 Å². The van der Waals surface area contributed by atoms with Gasteiger partial charge in [0.25, 0.3) is 0 Å². The Kier molecular flexibility index (Phi) is 6.27. The Balaban J connectivity index is 1.36. The van der Waals surface area contributed by atoms with Gasteiger partial charge >= 0.3 is 5.97 Å². The van der Waals surface area contributed by atoms with Crippen LogP contribution < -0.4 is 9.80 Å². The second kappa shape index (κ2) is 10.0. The van der Waals surface area contributed by atoms with E-state index in [4.69, 9.17) is 15.1 Å². The Morgan fingerprint density at radius 3 is 2.41 bits per heavy atom. The van der Waals surface area contributed by atoms with Gasteiger partial charge in [0, 0.05) is 43.7 Å². The summed E-state index contributed by atoms with van der Waals surface area (Å²) in [5.74, 6) is 0.0140. The second-order valence-electron chi connectivity index (χ2n) is 9.43. The molecule has 3 aromatic heterocycles. The van der Waals surface area contributed by atoms with Gasteiger partial charge < -0.3 is 24.6 Å². The van der Waals surface area contributed by atoms with E-state index in [1.807, 2.05) is 36.4 Å². The normalized spacial score (nSPS) is 13.8. The maximum absolute atomic E-state index is 12.5. The highest BCUT2D eigenvalue weighted by Gasteiger charge is 2.24. The van der Waals surface area contributed by atoms with Crippen molar-refractivity contribution < 1.29 is 19.8 Å². The largest absolute Gasteiger partial charge is 0.508 e. The molecule has 1 aliphatic heterocycles. The molecule has 5 aromatic rings. The number of phenols is 1. The van der Waals surface area contributed by atoms with Crippen molar-refractivity contribution in [2.45, 2.75) is 19.4 Å². The summed E-state index contributed by atoms with van der Waals surface area (Å²) in [6, 6.07) is 15.0. The number of hydrogen-bond donors (Lipinski definition) is 2. The average molecular weight is 527 g/mol. The van der Waals surface area contributed by atoms with Crippen LogP contribution in [-0.2, 0) is 16.1 Å². The maximum atomic E-state index is 12.5. The first-order chi connectivity index (χ1) is 19.0. The van der Waals surface area contributed by atoms with E-state index in [0.717, 1.165) is 29.7 Å². The van der Waals surface area contributed by atoms with Gasteiger partial charge in [0.05, 0.1) is 31.0 Å². The number of fused-ring (bicyclic) bond motifs is 2. The van der Waals surface area contributed by atoms with Crippen LogP contribution >= 0.6 is 0 Å². The van der Waals surface area contributed by atoms with Crippen LogP contribution in [0.5, 0.6) is 5.75 Å². The number of phenolic OH excluding ortho intramolecular Hbond substituents is 1. The number of ketones is 1. The molecular formula is C27H26N8O4. The highest BCUT2D eigenvalue weighted by atomic mass is 16.4. The van der Waals surface area contributed by atoms with Crippen LogP contribution in [0.1, 0.15) is 12.8 Å². The predicted octanol–water partition coefficient (Wildman–Crippen LogP) is 2.63. The molecule has 0 amide bonds. The van der Waals surface area contributed by atoms with Crippen LogP contribution in [-0.4, -0.2) is 77.4 Å². The Hall–Kier alpha value is -5.00. The number of carbonyl (C=O) groups excluding carboxylic acids is 1. The number of carboxylic acids is 1. The summed E-state index contributed by atoms with van der Waals surface area (Å²) < 4.78 is 3.38. The number of aromatic hydroxyl groups is 1. The summed E-state index contributed by atoms with van der Waals surface area (Å²) in [5.41, 5.74) is 2.89. The van der Waals surface area contributed by atoms with Gasteiger partial charge in [-0.3, -0.25) is 9.59 Å². The molecule has 2 N–H and O–H groups in total. The lowest BCUT2D eigenvalue weighted by Gasteiger charge is -2.36. The molecule has 1 aliphatic rings. The molecule has 1 fully saturated rings. The number of piperazine rings is 1. The van der Waals surface area contributed by atoms with Gasteiger partial charge in [-0.15, -0.1) is 0 Å². The van der Waals surface area contributed by atoms with E-state index >= 15 is 0 Å². The van der Waals surface area contributed by atoms with Crippen molar-refractivity contribution >= 4 is 45.5 Å².